The summed E-state index contributed by atoms with van der Waals surface area (Å²) in [6, 6.07) is 12.9. The molecule has 3 rings (SSSR count). The molecule has 0 radical (unpaired) electrons. The Morgan fingerprint density at radius 2 is 1.82 bits per heavy atom. The van der Waals surface area contributed by atoms with Gasteiger partial charge in [0, 0.05) is 20.1 Å². The van der Waals surface area contributed by atoms with Crippen molar-refractivity contribution >= 4 is 21.6 Å². The second-order valence-corrected chi connectivity index (χ2v) is 10.3. The van der Waals surface area contributed by atoms with Crippen molar-refractivity contribution in [1.29, 1.82) is 0 Å². The lowest BCUT2D eigenvalue weighted by Gasteiger charge is -2.26. The molecule has 2 aromatic rings. The van der Waals surface area contributed by atoms with E-state index in [0.29, 0.717) is 11.4 Å². The van der Waals surface area contributed by atoms with E-state index in [0.717, 1.165) is 62.3 Å². The molecule has 1 N–H and O–H groups in total. The molecule has 1 amide bonds. The third-order valence-electron chi connectivity index (χ3n) is 5.89. The molecule has 0 saturated heterocycles. The first-order valence-corrected chi connectivity index (χ1v) is 13.1. The third-order valence-corrected chi connectivity index (χ3v) is 7.37. The van der Waals surface area contributed by atoms with E-state index in [1.165, 1.54) is 5.56 Å². The molecule has 0 unspecified atom stereocenters. The number of nitrogens with zero attached hydrogens (tertiary/aromatic N) is 2. The summed E-state index contributed by atoms with van der Waals surface area (Å²) in [5.74, 6) is 0.725. The number of carbonyl (C=O) groups excluding carboxylic acids is 1. The predicted molar refractivity (Wildman–Crippen MR) is 131 cm³/mol. The van der Waals surface area contributed by atoms with Crippen LogP contribution in [0.1, 0.15) is 37.3 Å². The summed E-state index contributed by atoms with van der Waals surface area (Å²) in [6.45, 7) is 7.49. The van der Waals surface area contributed by atoms with Crippen LogP contribution in [0, 0.1) is 6.92 Å². The number of anilines is 1. The van der Waals surface area contributed by atoms with Crippen LogP contribution in [0.15, 0.2) is 47.4 Å². The SMILES string of the molecule is CCCN(CCCCNS(=O)(=O)c1ccc(C)cc1)CCc1ccc2c(c1)OCC(=O)N2C. The number of unbranched alkanes of at least 4 members (excludes halogenated alkanes) is 1. The molecule has 1 heterocycles. The molecule has 0 bridgehead atoms. The van der Waals surface area contributed by atoms with Crippen molar-refractivity contribution in [2.45, 2.75) is 44.4 Å². The van der Waals surface area contributed by atoms with Gasteiger partial charge in [0.1, 0.15) is 5.75 Å². The smallest absolute Gasteiger partial charge is 0.264 e. The van der Waals surface area contributed by atoms with Gasteiger partial charge in [-0.3, -0.25) is 4.79 Å². The van der Waals surface area contributed by atoms with Crippen LogP contribution in [0.2, 0.25) is 0 Å². The molecule has 0 atom stereocenters. The van der Waals surface area contributed by atoms with Crippen LogP contribution in [0.25, 0.3) is 0 Å². The van der Waals surface area contributed by atoms with Gasteiger partial charge in [-0.1, -0.05) is 30.7 Å². The van der Waals surface area contributed by atoms with Gasteiger partial charge in [-0.15, -0.1) is 0 Å². The lowest BCUT2D eigenvalue weighted by Crippen LogP contribution is -2.35. The maximum atomic E-state index is 12.4. The zero-order chi connectivity index (χ0) is 23.8. The molecule has 2 aromatic carbocycles. The summed E-state index contributed by atoms with van der Waals surface area (Å²) < 4.78 is 33.1. The molecule has 8 heteroatoms. The second-order valence-electron chi connectivity index (χ2n) is 8.55. The van der Waals surface area contributed by atoms with Crippen LogP contribution in [-0.4, -0.2) is 59.1 Å². The topological polar surface area (TPSA) is 79.0 Å². The maximum Gasteiger partial charge on any atom is 0.264 e. The van der Waals surface area contributed by atoms with Crippen molar-refractivity contribution in [3.05, 3.63) is 53.6 Å². The van der Waals surface area contributed by atoms with Crippen molar-refractivity contribution in [3.8, 4) is 5.75 Å². The molecule has 1 aliphatic rings. The molecule has 0 aromatic heterocycles. The van der Waals surface area contributed by atoms with Gasteiger partial charge in [0.15, 0.2) is 6.61 Å². The minimum atomic E-state index is -3.45. The standard InChI is InChI=1S/C25H35N3O4S/c1-4-15-28(16-6-5-14-26-33(30,31)22-10-7-20(2)8-11-22)17-13-21-9-12-23-24(18-21)32-19-25(29)27(23)3/h7-12,18,26H,4-6,13-17,19H2,1-3H3. The first-order chi connectivity index (χ1) is 15.8. The Morgan fingerprint density at radius 3 is 2.55 bits per heavy atom. The normalized spacial score (nSPS) is 13.8. The maximum absolute atomic E-state index is 12.4. The Balaban J connectivity index is 1.43. The number of amides is 1. The predicted octanol–water partition coefficient (Wildman–Crippen LogP) is 3.36. The van der Waals surface area contributed by atoms with Gasteiger partial charge in [-0.2, -0.15) is 0 Å². The third kappa shape index (κ3) is 7.03. The first kappa shape index (κ1) is 25.2. The average molecular weight is 474 g/mol. The molecule has 180 valence electrons. The fraction of sp³-hybridized carbons (Fsp3) is 0.480. The number of hydrogen-bond acceptors (Lipinski definition) is 5. The minimum absolute atomic E-state index is 0.0365. The van der Waals surface area contributed by atoms with Crippen molar-refractivity contribution in [2.24, 2.45) is 0 Å². The molecular formula is C25H35N3O4S. The average Bonchev–Trinajstić information content (AvgIpc) is 2.80. The van der Waals surface area contributed by atoms with E-state index in [1.807, 2.05) is 31.2 Å². The summed E-state index contributed by atoms with van der Waals surface area (Å²) >= 11 is 0. The molecule has 0 fully saturated rings. The zero-order valence-corrected chi connectivity index (χ0v) is 20.7. The highest BCUT2D eigenvalue weighted by Gasteiger charge is 2.22. The molecule has 0 spiro atoms. The van der Waals surface area contributed by atoms with Crippen molar-refractivity contribution < 1.29 is 17.9 Å². The van der Waals surface area contributed by atoms with Crippen LogP contribution in [0.5, 0.6) is 5.75 Å². The summed E-state index contributed by atoms with van der Waals surface area (Å²) in [5.41, 5.74) is 3.03. The van der Waals surface area contributed by atoms with E-state index in [1.54, 1.807) is 24.1 Å². The van der Waals surface area contributed by atoms with Crippen LogP contribution >= 0.6 is 0 Å². The van der Waals surface area contributed by atoms with Gasteiger partial charge in [0.25, 0.3) is 5.91 Å². The fourth-order valence-electron chi connectivity index (χ4n) is 3.88. The Morgan fingerprint density at radius 1 is 1.06 bits per heavy atom. The molecule has 7 nitrogen and oxygen atoms in total. The van der Waals surface area contributed by atoms with Gasteiger partial charge < -0.3 is 14.5 Å². The zero-order valence-electron chi connectivity index (χ0n) is 19.8. The molecular weight excluding hydrogens is 438 g/mol. The number of ether oxygens (including phenoxy) is 1. The lowest BCUT2D eigenvalue weighted by molar-refractivity contribution is -0.120. The van der Waals surface area contributed by atoms with Crippen LogP contribution < -0.4 is 14.4 Å². The quantitative estimate of drug-likeness (QED) is 0.478. The Hall–Kier alpha value is -2.42. The number of aryl methyl sites for hydroxylation is 1. The van der Waals surface area contributed by atoms with Crippen molar-refractivity contribution in [3.63, 3.8) is 0 Å². The summed E-state index contributed by atoms with van der Waals surface area (Å²) in [6.07, 6.45) is 3.68. The number of likely N-dealkylation sites (N-methyl/N-ethyl adjacent to an activating group) is 1. The van der Waals surface area contributed by atoms with E-state index in [2.05, 4.69) is 22.6 Å². The number of benzene rings is 2. The minimum Gasteiger partial charge on any atom is -0.482 e. The summed E-state index contributed by atoms with van der Waals surface area (Å²) in [5, 5.41) is 0. The summed E-state index contributed by atoms with van der Waals surface area (Å²) in [4.78, 5) is 16.1. The van der Waals surface area contributed by atoms with E-state index >= 15 is 0 Å². The highest BCUT2D eigenvalue weighted by atomic mass is 32.2. The van der Waals surface area contributed by atoms with Gasteiger partial charge in [-0.25, -0.2) is 13.1 Å². The number of sulfonamides is 1. The van der Waals surface area contributed by atoms with E-state index in [-0.39, 0.29) is 12.5 Å². The molecule has 0 saturated carbocycles. The first-order valence-electron chi connectivity index (χ1n) is 11.6. The Bertz CT molecular complexity index is 1040. The Labute approximate surface area is 197 Å². The van der Waals surface area contributed by atoms with Gasteiger partial charge >= 0.3 is 0 Å². The largest absolute Gasteiger partial charge is 0.482 e. The fourth-order valence-corrected chi connectivity index (χ4v) is 4.96. The number of rotatable bonds is 12. The van der Waals surface area contributed by atoms with Gasteiger partial charge in [-0.05, 0) is 75.5 Å². The van der Waals surface area contributed by atoms with Crippen LogP contribution in [0.4, 0.5) is 5.69 Å². The monoisotopic (exact) mass is 473 g/mol. The highest BCUT2D eigenvalue weighted by Crippen LogP contribution is 2.32. The molecule has 0 aliphatic carbocycles. The van der Waals surface area contributed by atoms with E-state index < -0.39 is 10.0 Å². The highest BCUT2D eigenvalue weighted by molar-refractivity contribution is 7.89. The van der Waals surface area contributed by atoms with Crippen molar-refractivity contribution in [1.82, 2.24) is 9.62 Å². The number of fused-ring (bicyclic) bond motifs is 1. The molecule has 33 heavy (non-hydrogen) atoms. The van der Waals surface area contributed by atoms with Gasteiger partial charge in [0.2, 0.25) is 10.0 Å². The van der Waals surface area contributed by atoms with Crippen LogP contribution in [0.3, 0.4) is 0 Å². The van der Waals surface area contributed by atoms with Crippen LogP contribution in [-0.2, 0) is 21.2 Å². The van der Waals surface area contributed by atoms with E-state index in [4.69, 9.17) is 4.74 Å². The van der Waals surface area contributed by atoms with E-state index in [9.17, 15) is 13.2 Å². The Kier molecular flexibility index (Phi) is 8.88. The number of nitrogens with one attached hydrogen (secondary N) is 1. The number of carbonyl (C=O) groups is 1. The number of hydrogen-bond donors (Lipinski definition) is 1. The summed E-state index contributed by atoms with van der Waals surface area (Å²) in [7, 11) is -1.68. The molecule has 1 aliphatic heterocycles. The van der Waals surface area contributed by atoms with Crippen molar-refractivity contribution in [2.75, 3.05) is 44.7 Å². The lowest BCUT2D eigenvalue weighted by atomic mass is 10.1. The second kappa shape index (κ2) is 11.6. The van der Waals surface area contributed by atoms with Gasteiger partial charge in [0.05, 0.1) is 10.6 Å².